The van der Waals surface area contributed by atoms with Crippen LogP contribution in [-0.2, 0) is 14.8 Å². The molecule has 0 radical (unpaired) electrons. The Kier molecular flexibility index (Phi) is 5.80. The molecule has 1 aliphatic rings. The molecule has 0 aliphatic carbocycles. The van der Waals surface area contributed by atoms with Gasteiger partial charge in [0.25, 0.3) is 0 Å². The lowest BCUT2D eigenvalue weighted by molar-refractivity contribution is -0.117. The Hall–Kier alpha value is -2.01. The van der Waals surface area contributed by atoms with Gasteiger partial charge in [-0.2, -0.15) is 4.31 Å². The van der Waals surface area contributed by atoms with E-state index in [4.69, 9.17) is 16.1 Å². The molecule has 0 saturated carbocycles. The summed E-state index contributed by atoms with van der Waals surface area (Å²) in [5, 5.41) is 6.16. The summed E-state index contributed by atoms with van der Waals surface area (Å²) in [4.78, 5) is 13.8. The molecule has 0 atom stereocenters. The Morgan fingerprint density at radius 2 is 2.00 bits per heavy atom. The third kappa shape index (κ3) is 4.64. The second-order valence-corrected chi connectivity index (χ2v) is 8.44. The number of aryl methyl sites for hydroxylation is 1. The van der Waals surface area contributed by atoms with Crippen LogP contribution in [0.25, 0.3) is 0 Å². The molecule has 0 bridgehead atoms. The van der Waals surface area contributed by atoms with Crippen molar-refractivity contribution < 1.29 is 22.1 Å². The lowest BCUT2D eigenvalue weighted by Gasteiger charge is -2.33. The van der Waals surface area contributed by atoms with Gasteiger partial charge >= 0.3 is 0 Å². The first-order valence-electron chi connectivity index (χ1n) is 8.16. The fourth-order valence-corrected chi connectivity index (χ4v) is 4.69. The summed E-state index contributed by atoms with van der Waals surface area (Å²) < 4.78 is 44.7. The van der Waals surface area contributed by atoms with Crippen LogP contribution in [-0.4, -0.2) is 61.4 Å². The van der Waals surface area contributed by atoms with Crippen LogP contribution in [0.15, 0.2) is 33.7 Å². The SMILES string of the molecule is Cc1cc(NC(=O)CN2CCN(S(=O)(=O)c3ccc(F)cc3Cl)CC2)no1. The molecule has 1 aromatic carbocycles. The topological polar surface area (TPSA) is 95.8 Å². The van der Waals surface area contributed by atoms with E-state index in [2.05, 4.69) is 10.5 Å². The van der Waals surface area contributed by atoms with Crippen molar-refractivity contribution in [2.24, 2.45) is 0 Å². The first-order chi connectivity index (χ1) is 12.8. The van der Waals surface area contributed by atoms with Crippen molar-refractivity contribution >= 4 is 33.3 Å². The summed E-state index contributed by atoms with van der Waals surface area (Å²) in [7, 11) is -3.82. The average Bonchev–Trinajstić information content (AvgIpc) is 2.99. The second-order valence-electron chi connectivity index (χ2n) is 6.13. The molecule has 1 aromatic heterocycles. The lowest BCUT2D eigenvalue weighted by Crippen LogP contribution is -2.50. The van der Waals surface area contributed by atoms with E-state index in [1.165, 1.54) is 4.31 Å². The van der Waals surface area contributed by atoms with Crippen LogP contribution >= 0.6 is 11.6 Å². The summed E-state index contributed by atoms with van der Waals surface area (Å²) in [6.45, 7) is 2.98. The molecule has 2 aromatic rings. The van der Waals surface area contributed by atoms with Crippen LogP contribution in [0.5, 0.6) is 0 Å². The van der Waals surface area contributed by atoms with Gasteiger partial charge in [0.1, 0.15) is 16.5 Å². The number of carbonyl (C=O) groups is 1. The van der Waals surface area contributed by atoms with Gasteiger partial charge in [-0.3, -0.25) is 9.69 Å². The molecular formula is C16H18ClFN4O4S. The Bertz CT molecular complexity index is 942. The van der Waals surface area contributed by atoms with Crippen molar-refractivity contribution in [3.63, 3.8) is 0 Å². The van der Waals surface area contributed by atoms with E-state index < -0.39 is 15.8 Å². The molecule has 1 saturated heterocycles. The molecule has 0 spiro atoms. The summed E-state index contributed by atoms with van der Waals surface area (Å²) in [5.74, 6) is 0.0616. The largest absolute Gasteiger partial charge is 0.360 e. The van der Waals surface area contributed by atoms with Gasteiger partial charge in [0.15, 0.2) is 5.82 Å². The number of piperazine rings is 1. The highest BCUT2D eigenvalue weighted by molar-refractivity contribution is 7.89. The Morgan fingerprint density at radius 1 is 1.30 bits per heavy atom. The van der Waals surface area contributed by atoms with Crippen molar-refractivity contribution in [2.45, 2.75) is 11.8 Å². The summed E-state index contributed by atoms with van der Waals surface area (Å²) in [5.41, 5.74) is 0. The summed E-state index contributed by atoms with van der Waals surface area (Å²) in [6, 6.07) is 4.80. The third-order valence-electron chi connectivity index (χ3n) is 4.11. The van der Waals surface area contributed by atoms with Crippen LogP contribution in [0.2, 0.25) is 5.02 Å². The fraction of sp³-hybridized carbons (Fsp3) is 0.375. The minimum atomic E-state index is -3.82. The highest BCUT2D eigenvalue weighted by Gasteiger charge is 2.30. The molecule has 146 valence electrons. The van der Waals surface area contributed by atoms with E-state index >= 15 is 0 Å². The van der Waals surface area contributed by atoms with Crippen molar-refractivity contribution in [2.75, 3.05) is 38.0 Å². The maximum absolute atomic E-state index is 13.2. The number of rotatable bonds is 5. The molecule has 27 heavy (non-hydrogen) atoms. The number of amides is 1. The summed E-state index contributed by atoms with van der Waals surface area (Å²) in [6.07, 6.45) is 0. The van der Waals surface area contributed by atoms with Crippen molar-refractivity contribution in [1.82, 2.24) is 14.4 Å². The van der Waals surface area contributed by atoms with Gasteiger partial charge in [-0.15, -0.1) is 0 Å². The quantitative estimate of drug-likeness (QED) is 0.797. The first kappa shape index (κ1) is 19.7. The van der Waals surface area contributed by atoms with Gasteiger partial charge in [0, 0.05) is 32.2 Å². The number of anilines is 1. The fourth-order valence-electron chi connectivity index (χ4n) is 2.76. The van der Waals surface area contributed by atoms with Crippen LogP contribution in [0.4, 0.5) is 10.2 Å². The molecule has 1 fully saturated rings. The highest BCUT2D eigenvalue weighted by Crippen LogP contribution is 2.26. The number of nitrogens with zero attached hydrogens (tertiary/aromatic N) is 3. The first-order valence-corrected chi connectivity index (χ1v) is 9.98. The van der Waals surface area contributed by atoms with Crippen LogP contribution in [0, 0.1) is 12.7 Å². The zero-order chi connectivity index (χ0) is 19.6. The van der Waals surface area contributed by atoms with E-state index in [1.807, 2.05) is 4.90 Å². The van der Waals surface area contributed by atoms with Crippen molar-refractivity contribution in [3.05, 3.63) is 40.9 Å². The number of carbonyl (C=O) groups excluding carboxylic acids is 1. The molecule has 1 amide bonds. The van der Waals surface area contributed by atoms with E-state index in [9.17, 15) is 17.6 Å². The maximum Gasteiger partial charge on any atom is 0.244 e. The molecular weight excluding hydrogens is 399 g/mol. The van der Waals surface area contributed by atoms with Gasteiger partial charge in [-0.05, 0) is 25.1 Å². The molecule has 8 nitrogen and oxygen atoms in total. The van der Waals surface area contributed by atoms with Crippen molar-refractivity contribution in [1.29, 1.82) is 0 Å². The van der Waals surface area contributed by atoms with Crippen LogP contribution < -0.4 is 5.32 Å². The number of hydrogen-bond acceptors (Lipinski definition) is 6. The van der Waals surface area contributed by atoms with Gasteiger partial charge in [0.05, 0.1) is 11.6 Å². The maximum atomic E-state index is 13.2. The minimum absolute atomic E-state index is 0.108. The zero-order valence-corrected chi connectivity index (χ0v) is 16.1. The average molecular weight is 417 g/mol. The van der Waals surface area contributed by atoms with Gasteiger partial charge < -0.3 is 9.84 Å². The monoisotopic (exact) mass is 416 g/mol. The van der Waals surface area contributed by atoms with E-state index in [0.29, 0.717) is 24.7 Å². The van der Waals surface area contributed by atoms with E-state index in [0.717, 1.165) is 18.2 Å². The smallest absolute Gasteiger partial charge is 0.244 e. The van der Waals surface area contributed by atoms with E-state index in [1.54, 1.807) is 13.0 Å². The molecule has 3 rings (SSSR count). The summed E-state index contributed by atoms with van der Waals surface area (Å²) >= 11 is 5.89. The number of benzene rings is 1. The standard InChI is InChI=1S/C16H18ClFN4O4S/c1-11-8-15(20-26-11)19-16(23)10-21-4-6-22(7-5-21)27(24,25)14-3-2-12(18)9-13(14)17/h2-3,8-9H,4-7,10H2,1H3,(H,19,20,23). The van der Waals surface area contributed by atoms with Gasteiger partial charge in [-0.1, -0.05) is 16.8 Å². The number of nitrogens with one attached hydrogen (secondary N) is 1. The molecule has 11 heteroatoms. The number of sulfonamides is 1. The molecule has 2 heterocycles. The van der Waals surface area contributed by atoms with Crippen LogP contribution in [0.1, 0.15) is 5.76 Å². The van der Waals surface area contributed by atoms with E-state index in [-0.39, 0.29) is 35.5 Å². The van der Waals surface area contributed by atoms with Gasteiger partial charge in [-0.25, -0.2) is 12.8 Å². The lowest BCUT2D eigenvalue weighted by atomic mass is 10.3. The predicted molar refractivity (Wildman–Crippen MR) is 96.5 cm³/mol. The number of hydrogen-bond donors (Lipinski definition) is 1. The van der Waals surface area contributed by atoms with Gasteiger partial charge in [0.2, 0.25) is 15.9 Å². The molecule has 1 aliphatic heterocycles. The Labute approximate surface area is 160 Å². The second kappa shape index (κ2) is 7.93. The number of aromatic nitrogens is 1. The number of halogens is 2. The normalized spacial score (nSPS) is 16.4. The molecule has 1 N–H and O–H groups in total. The van der Waals surface area contributed by atoms with Crippen molar-refractivity contribution in [3.8, 4) is 0 Å². The Morgan fingerprint density at radius 3 is 2.59 bits per heavy atom. The van der Waals surface area contributed by atoms with Crippen LogP contribution in [0.3, 0.4) is 0 Å². The third-order valence-corrected chi connectivity index (χ3v) is 6.49. The highest BCUT2D eigenvalue weighted by atomic mass is 35.5. The zero-order valence-electron chi connectivity index (χ0n) is 14.5. The molecule has 0 unspecified atom stereocenters. The Balaban J connectivity index is 1.57. The minimum Gasteiger partial charge on any atom is -0.360 e. The predicted octanol–water partition coefficient (Wildman–Crippen LogP) is 1.72.